The molecular formula is C40H33N3O13. The lowest BCUT2D eigenvalue weighted by Gasteiger charge is -2.44. The fraction of sp³-hybridized carbons (Fsp3) is 0.200. The lowest BCUT2D eigenvalue weighted by atomic mass is 9.97. The van der Waals surface area contributed by atoms with E-state index in [4.69, 9.17) is 33.2 Å². The van der Waals surface area contributed by atoms with Crippen LogP contribution in [0.3, 0.4) is 0 Å². The van der Waals surface area contributed by atoms with Crippen LogP contribution >= 0.6 is 0 Å². The molecule has 286 valence electrons. The van der Waals surface area contributed by atoms with Crippen LogP contribution in [0.2, 0.25) is 0 Å². The molecule has 0 spiro atoms. The molecular weight excluding hydrogens is 730 g/mol. The zero-order valence-electron chi connectivity index (χ0n) is 29.8. The standard InChI is InChI=1S/C40H33N3O13/c1-50-38(48)29-30(39(49)51-2)43(42-41-29)23-28-31(53-34(44)24-15-7-3-8-16-24)32(54-35(45)25-17-9-4-10-18-25)33(55-36(46)26-19-11-5-12-20-26)40(52-28)56-37(47)27-21-13-6-14-22-27/h3-22,28,31-33,40H,23H2,1-2H3/t28-,31-,32+,33-,40-/m1/s1. The summed E-state index contributed by atoms with van der Waals surface area (Å²) in [6.45, 7) is -0.570. The summed E-state index contributed by atoms with van der Waals surface area (Å²) < 4.78 is 40.7. The molecule has 0 N–H and O–H groups in total. The van der Waals surface area contributed by atoms with Gasteiger partial charge in [0.15, 0.2) is 17.9 Å². The lowest BCUT2D eigenvalue weighted by Crippen LogP contribution is -2.63. The number of carbonyl (C=O) groups is 6. The van der Waals surface area contributed by atoms with Gasteiger partial charge in [0.2, 0.25) is 18.1 Å². The van der Waals surface area contributed by atoms with Gasteiger partial charge in [-0.3, -0.25) is 0 Å². The summed E-state index contributed by atoms with van der Waals surface area (Å²) in [6.07, 6.45) is -8.63. The van der Waals surface area contributed by atoms with E-state index in [1.807, 2.05) is 0 Å². The van der Waals surface area contributed by atoms with E-state index in [0.717, 1.165) is 18.9 Å². The predicted molar refractivity (Wildman–Crippen MR) is 190 cm³/mol. The molecule has 1 aliphatic rings. The summed E-state index contributed by atoms with van der Waals surface area (Å²) in [5, 5.41) is 7.73. The summed E-state index contributed by atoms with van der Waals surface area (Å²) in [6, 6.07) is 31.2. The van der Waals surface area contributed by atoms with Crippen molar-refractivity contribution in [2.24, 2.45) is 0 Å². The monoisotopic (exact) mass is 763 g/mol. The van der Waals surface area contributed by atoms with E-state index < -0.39 is 84.5 Å². The van der Waals surface area contributed by atoms with Gasteiger partial charge in [0, 0.05) is 0 Å². The smallest absolute Gasteiger partial charge is 0.361 e. The molecule has 6 rings (SSSR count). The molecule has 16 heteroatoms. The fourth-order valence-electron chi connectivity index (χ4n) is 5.71. The first-order valence-electron chi connectivity index (χ1n) is 17.0. The van der Waals surface area contributed by atoms with E-state index in [2.05, 4.69) is 10.3 Å². The number of carbonyl (C=O) groups excluding carboxylic acids is 6. The van der Waals surface area contributed by atoms with Crippen molar-refractivity contribution in [3.8, 4) is 0 Å². The third-order valence-corrected chi connectivity index (χ3v) is 8.43. The summed E-state index contributed by atoms with van der Waals surface area (Å²) in [7, 11) is 2.13. The maximum absolute atomic E-state index is 13.8. The second-order valence-electron chi connectivity index (χ2n) is 12.0. The molecule has 1 aromatic heterocycles. The van der Waals surface area contributed by atoms with Gasteiger partial charge in [-0.25, -0.2) is 33.4 Å². The summed E-state index contributed by atoms with van der Waals surface area (Å²) in [5.74, 6) is -5.77. The maximum atomic E-state index is 13.8. The van der Waals surface area contributed by atoms with E-state index in [-0.39, 0.29) is 22.3 Å². The minimum absolute atomic E-state index is 0.0709. The van der Waals surface area contributed by atoms with Crippen LogP contribution in [-0.2, 0) is 39.7 Å². The van der Waals surface area contributed by atoms with Gasteiger partial charge in [0.05, 0.1) is 43.0 Å². The zero-order valence-corrected chi connectivity index (χ0v) is 29.8. The van der Waals surface area contributed by atoms with Crippen molar-refractivity contribution in [1.82, 2.24) is 15.0 Å². The second kappa shape index (κ2) is 17.7. The van der Waals surface area contributed by atoms with Crippen molar-refractivity contribution in [3.63, 3.8) is 0 Å². The zero-order chi connectivity index (χ0) is 39.6. The first-order valence-corrected chi connectivity index (χ1v) is 17.0. The highest BCUT2D eigenvalue weighted by atomic mass is 16.7. The van der Waals surface area contributed by atoms with Crippen LogP contribution in [0.25, 0.3) is 0 Å². The number of methoxy groups -OCH3 is 2. The Balaban J connectivity index is 1.49. The molecule has 2 heterocycles. The van der Waals surface area contributed by atoms with Gasteiger partial charge in [-0.05, 0) is 48.5 Å². The number of nitrogens with zero attached hydrogens (tertiary/aromatic N) is 3. The van der Waals surface area contributed by atoms with Crippen molar-refractivity contribution in [2.45, 2.75) is 37.3 Å². The largest absolute Gasteiger partial charge is 0.464 e. The number of ether oxygens (including phenoxy) is 7. The molecule has 56 heavy (non-hydrogen) atoms. The first kappa shape index (κ1) is 38.5. The number of hydrogen-bond donors (Lipinski definition) is 0. The molecule has 0 aliphatic carbocycles. The van der Waals surface area contributed by atoms with E-state index in [0.29, 0.717) is 0 Å². The molecule has 16 nitrogen and oxygen atoms in total. The van der Waals surface area contributed by atoms with E-state index >= 15 is 0 Å². The minimum Gasteiger partial charge on any atom is -0.464 e. The van der Waals surface area contributed by atoms with E-state index in [9.17, 15) is 28.8 Å². The summed E-state index contributed by atoms with van der Waals surface area (Å²) in [5.41, 5.74) is -0.663. The summed E-state index contributed by atoms with van der Waals surface area (Å²) >= 11 is 0. The average molecular weight is 764 g/mol. The lowest BCUT2D eigenvalue weighted by molar-refractivity contribution is -0.280. The normalized spacial score (nSPS) is 18.8. The van der Waals surface area contributed by atoms with Crippen molar-refractivity contribution in [1.29, 1.82) is 0 Å². The van der Waals surface area contributed by atoms with Gasteiger partial charge in [-0.1, -0.05) is 78.0 Å². The van der Waals surface area contributed by atoms with Crippen LogP contribution in [-0.4, -0.2) is 95.7 Å². The Morgan fingerprint density at radius 2 is 0.911 bits per heavy atom. The van der Waals surface area contributed by atoms with Crippen LogP contribution in [0.1, 0.15) is 62.4 Å². The highest BCUT2D eigenvalue weighted by Gasteiger charge is 2.55. The molecule has 0 saturated carbocycles. The summed E-state index contributed by atoms with van der Waals surface area (Å²) in [4.78, 5) is 80.5. The number of rotatable bonds is 12. The Kier molecular flexibility index (Phi) is 12.2. The third kappa shape index (κ3) is 8.77. The molecule has 0 amide bonds. The van der Waals surface area contributed by atoms with Crippen LogP contribution < -0.4 is 0 Å². The Morgan fingerprint density at radius 1 is 0.518 bits per heavy atom. The van der Waals surface area contributed by atoms with Gasteiger partial charge in [-0.2, -0.15) is 0 Å². The number of aromatic nitrogens is 3. The molecule has 5 aromatic rings. The quantitative estimate of drug-likeness (QED) is 0.130. The molecule has 5 atom stereocenters. The third-order valence-electron chi connectivity index (χ3n) is 8.43. The van der Waals surface area contributed by atoms with Crippen molar-refractivity contribution < 1.29 is 61.9 Å². The fourth-order valence-corrected chi connectivity index (χ4v) is 5.71. The highest BCUT2D eigenvalue weighted by molar-refractivity contribution is 6.00. The highest BCUT2D eigenvalue weighted by Crippen LogP contribution is 2.33. The predicted octanol–water partition coefficient (Wildman–Crippen LogP) is 4.11. The van der Waals surface area contributed by atoms with Crippen LogP contribution in [0.5, 0.6) is 0 Å². The molecule has 1 saturated heterocycles. The van der Waals surface area contributed by atoms with Crippen molar-refractivity contribution in [3.05, 3.63) is 155 Å². The minimum atomic E-state index is -1.86. The maximum Gasteiger partial charge on any atom is 0.361 e. The molecule has 4 aromatic carbocycles. The Bertz CT molecular complexity index is 2180. The molecule has 0 bridgehead atoms. The Hall–Kier alpha value is -7.20. The van der Waals surface area contributed by atoms with Gasteiger partial charge in [0.25, 0.3) is 0 Å². The number of esters is 6. The Labute approximate surface area is 318 Å². The SMILES string of the molecule is COC(=O)c1nnn(C[C@H]2O[C@H](OC(=O)c3ccccc3)[C@H](OC(=O)c3ccccc3)[C@@H](OC(=O)c3ccccc3)[C@@H]2OC(=O)c2ccccc2)c1C(=O)OC. The van der Waals surface area contributed by atoms with Crippen LogP contribution in [0, 0.1) is 0 Å². The van der Waals surface area contributed by atoms with E-state index in [1.165, 1.54) is 48.5 Å². The second-order valence-corrected chi connectivity index (χ2v) is 12.0. The van der Waals surface area contributed by atoms with Crippen molar-refractivity contribution >= 4 is 35.8 Å². The molecule has 1 fully saturated rings. The van der Waals surface area contributed by atoms with Gasteiger partial charge >= 0.3 is 35.8 Å². The van der Waals surface area contributed by atoms with Crippen LogP contribution in [0.4, 0.5) is 0 Å². The van der Waals surface area contributed by atoms with Gasteiger partial charge < -0.3 is 33.2 Å². The Morgan fingerprint density at radius 3 is 1.34 bits per heavy atom. The molecule has 1 aliphatic heterocycles. The van der Waals surface area contributed by atoms with Crippen molar-refractivity contribution in [2.75, 3.05) is 14.2 Å². The molecule has 0 radical (unpaired) electrons. The number of benzene rings is 4. The number of hydrogen-bond acceptors (Lipinski definition) is 15. The van der Waals surface area contributed by atoms with Gasteiger partial charge in [-0.15, -0.1) is 5.10 Å². The topological polar surface area (TPSA) is 198 Å². The van der Waals surface area contributed by atoms with Gasteiger partial charge in [0.1, 0.15) is 6.10 Å². The first-order chi connectivity index (χ1) is 27.2. The van der Waals surface area contributed by atoms with Crippen LogP contribution in [0.15, 0.2) is 121 Å². The molecule has 0 unspecified atom stereocenters. The average Bonchev–Trinajstić information content (AvgIpc) is 3.67. The van der Waals surface area contributed by atoms with E-state index in [1.54, 1.807) is 72.8 Å².